The topological polar surface area (TPSA) is 80.8 Å². The van der Waals surface area contributed by atoms with E-state index in [-0.39, 0.29) is 17.4 Å². The minimum atomic E-state index is -3.11. The van der Waals surface area contributed by atoms with Crippen LogP contribution in [0, 0.1) is 5.92 Å². The Hall–Kier alpha value is -2.23. The number of benzene rings is 1. The zero-order valence-electron chi connectivity index (χ0n) is 17.3. The highest BCUT2D eigenvalue weighted by atomic mass is 32.2. The van der Waals surface area contributed by atoms with Gasteiger partial charge in [0, 0.05) is 6.08 Å². The lowest BCUT2D eigenvalue weighted by atomic mass is 9.94. The van der Waals surface area contributed by atoms with Gasteiger partial charge in [-0.1, -0.05) is 54.3 Å². The van der Waals surface area contributed by atoms with E-state index >= 15 is 0 Å². The van der Waals surface area contributed by atoms with Gasteiger partial charge in [-0.05, 0) is 55.4 Å². The molecule has 0 saturated carbocycles. The van der Waals surface area contributed by atoms with Gasteiger partial charge in [-0.25, -0.2) is 13.2 Å². The maximum Gasteiger partial charge on any atom is 0.335 e. The summed E-state index contributed by atoms with van der Waals surface area (Å²) in [5.41, 5.74) is 0.758. The van der Waals surface area contributed by atoms with Gasteiger partial charge in [0.15, 0.2) is 9.84 Å². The maximum atomic E-state index is 12.8. The SMILES string of the molecule is O=C(/C=C/C1CC=CCC1)Oc1ccc(/C=C2\SC(=S)N(C3CCS(=O)(=O)C3)C2=O)cc1. The van der Waals surface area contributed by atoms with Crippen molar-refractivity contribution in [1.82, 2.24) is 4.90 Å². The Labute approximate surface area is 197 Å². The van der Waals surface area contributed by atoms with E-state index in [2.05, 4.69) is 12.2 Å². The van der Waals surface area contributed by atoms with Crippen molar-refractivity contribution in [3.63, 3.8) is 0 Å². The van der Waals surface area contributed by atoms with Gasteiger partial charge in [-0.3, -0.25) is 9.69 Å². The summed E-state index contributed by atoms with van der Waals surface area (Å²) in [4.78, 5) is 26.7. The predicted molar refractivity (Wildman–Crippen MR) is 130 cm³/mol. The number of thiocarbonyl (C=S) groups is 1. The summed E-state index contributed by atoms with van der Waals surface area (Å²) in [5.74, 6) is 0.154. The van der Waals surface area contributed by atoms with Crippen LogP contribution in [0.15, 0.2) is 53.5 Å². The Balaban J connectivity index is 1.37. The Kier molecular flexibility index (Phi) is 6.97. The van der Waals surface area contributed by atoms with E-state index in [9.17, 15) is 18.0 Å². The minimum Gasteiger partial charge on any atom is -0.423 e. The second kappa shape index (κ2) is 9.72. The molecule has 2 atom stereocenters. The summed E-state index contributed by atoms with van der Waals surface area (Å²) in [5, 5.41) is 0. The number of rotatable bonds is 5. The van der Waals surface area contributed by atoms with E-state index in [0.29, 0.717) is 27.3 Å². The van der Waals surface area contributed by atoms with Gasteiger partial charge in [-0.15, -0.1) is 0 Å². The molecule has 2 heterocycles. The molecule has 2 unspecified atom stereocenters. The van der Waals surface area contributed by atoms with Crippen LogP contribution < -0.4 is 4.74 Å². The largest absolute Gasteiger partial charge is 0.423 e. The monoisotopic (exact) mass is 489 g/mol. The molecule has 6 nitrogen and oxygen atoms in total. The summed E-state index contributed by atoms with van der Waals surface area (Å²) in [7, 11) is -3.11. The third kappa shape index (κ3) is 5.57. The Morgan fingerprint density at radius 1 is 1.19 bits per heavy atom. The van der Waals surface area contributed by atoms with Crippen LogP contribution in [0.25, 0.3) is 6.08 Å². The molecule has 0 bridgehead atoms. The standard InChI is InChI=1S/C23H23NO5S3/c25-21(11-8-16-4-2-1-3-5-16)29-19-9-6-17(7-10-19)14-20-22(26)24(23(30)31-20)18-12-13-32(27,28)15-18/h1-2,6-11,14,16,18H,3-5,12-13,15H2/b11-8+,20-14-. The molecule has 1 aliphatic carbocycles. The summed E-state index contributed by atoms with van der Waals surface area (Å²) < 4.78 is 29.3. The molecular formula is C23H23NO5S3. The lowest BCUT2D eigenvalue weighted by molar-refractivity contribution is -0.129. The zero-order chi connectivity index (χ0) is 22.7. The van der Waals surface area contributed by atoms with Crippen molar-refractivity contribution < 1.29 is 22.7 Å². The average Bonchev–Trinajstić information content (AvgIpc) is 3.26. The van der Waals surface area contributed by atoms with Crippen LogP contribution in [0.2, 0.25) is 0 Å². The fourth-order valence-electron chi connectivity index (χ4n) is 3.91. The average molecular weight is 490 g/mol. The first-order chi connectivity index (χ1) is 15.3. The van der Waals surface area contributed by atoms with Gasteiger partial charge in [0.25, 0.3) is 5.91 Å². The van der Waals surface area contributed by atoms with Crippen molar-refractivity contribution in [2.24, 2.45) is 5.92 Å². The number of carbonyl (C=O) groups excluding carboxylic acids is 2. The molecule has 0 spiro atoms. The summed E-state index contributed by atoms with van der Waals surface area (Å²) >= 11 is 6.50. The fraction of sp³-hybridized carbons (Fsp3) is 0.348. The summed E-state index contributed by atoms with van der Waals surface area (Å²) in [6.07, 6.45) is 12.8. The molecule has 9 heteroatoms. The highest BCUT2D eigenvalue weighted by Gasteiger charge is 2.42. The van der Waals surface area contributed by atoms with Crippen LogP contribution >= 0.6 is 24.0 Å². The quantitative estimate of drug-likeness (QED) is 0.204. The number of hydrogen-bond acceptors (Lipinski definition) is 7. The molecule has 0 radical (unpaired) electrons. The van der Waals surface area contributed by atoms with Crippen molar-refractivity contribution in [2.75, 3.05) is 11.5 Å². The number of esters is 1. The molecule has 168 valence electrons. The van der Waals surface area contributed by atoms with Gasteiger partial charge < -0.3 is 4.74 Å². The smallest absolute Gasteiger partial charge is 0.335 e. The molecule has 2 aliphatic heterocycles. The van der Waals surface area contributed by atoms with Crippen LogP contribution in [0.4, 0.5) is 0 Å². The minimum absolute atomic E-state index is 0.0430. The first-order valence-electron chi connectivity index (χ1n) is 10.4. The highest BCUT2D eigenvalue weighted by Crippen LogP contribution is 2.36. The number of hydrogen-bond donors (Lipinski definition) is 0. The van der Waals surface area contributed by atoms with Crippen LogP contribution in [-0.4, -0.2) is 47.1 Å². The van der Waals surface area contributed by atoms with Crippen LogP contribution in [-0.2, 0) is 19.4 Å². The van der Waals surface area contributed by atoms with Crippen LogP contribution in [0.3, 0.4) is 0 Å². The second-order valence-electron chi connectivity index (χ2n) is 8.00. The molecule has 2 fully saturated rings. The summed E-state index contributed by atoms with van der Waals surface area (Å²) in [6.45, 7) is 0. The van der Waals surface area contributed by atoms with Gasteiger partial charge in [0.05, 0.1) is 22.5 Å². The van der Waals surface area contributed by atoms with Gasteiger partial charge in [0.1, 0.15) is 10.1 Å². The molecule has 1 aromatic rings. The Morgan fingerprint density at radius 2 is 1.97 bits per heavy atom. The van der Waals surface area contributed by atoms with Crippen molar-refractivity contribution in [3.05, 3.63) is 59.0 Å². The number of sulfone groups is 1. The molecule has 4 rings (SSSR count). The molecule has 3 aliphatic rings. The molecule has 2 saturated heterocycles. The van der Waals surface area contributed by atoms with Crippen LogP contribution in [0.1, 0.15) is 31.2 Å². The van der Waals surface area contributed by atoms with E-state index in [4.69, 9.17) is 17.0 Å². The fourth-order valence-corrected chi connectivity index (χ4v) is 7.01. The number of carbonyl (C=O) groups is 2. The third-order valence-corrected chi connectivity index (χ3v) is 8.69. The second-order valence-corrected chi connectivity index (χ2v) is 11.9. The lowest BCUT2D eigenvalue weighted by Gasteiger charge is -2.20. The van der Waals surface area contributed by atoms with Crippen molar-refractivity contribution in [1.29, 1.82) is 0 Å². The van der Waals surface area contributed by atoms with Crippen molar-refractivity contribution in [3.8, 4) is 5.75 Å². The Bertz CT molecular complexity index is 1120. The van der Waals surface area contributed by atoms with Gasteiger partial charge in [-0.2, -0.15) is 0 Å². The zero-order valence-corrected chi connectivity index (χ0v) is 19.8. The van der Waals surface area contributed by atoms with E-state index in [0.717, 1.165) is 24.8 Å². The van der Waals surface area contributed by atoms with Crippen molar-refractivity contribution >= 4 is 56.1 Å². The van der Waals surface area contributed by atoms with Crippen LogP contribution in [0.5, 0.6) is 5.75 Å². The number of thioether (sulfide) groups is 1. The first kappa shape index (κ1) is 22.9. The molecular weight excluding hydrogens is 466 g/mol. The lowest BCUT2D eigenvalue weighted by Crippen LogP contribution is -2.39. The van der Waals surface area contributed by atoms with Gasteiger partial charge in [0.2, 0.25) is 0 Å². The molecule has 0 aromatic heterocycles. The maximum absolute atomic E-state index is 12.8. The van der Waals surface area contributed by atoms with Gasteiger partial charge >= 0.3 is 5.97 Å². The Morgan fingerprint density at radius 3 is 2.62 bits per heavy atom. The third-order valence-electron chi connectivity index (χ3n) is 5.61. The predicted octanol–water partition coefficient (Wildman–Crippen LogP) is 3.89. The van der Waals surface area contributed by atoms with E-state index in [1.165, 1.54) is 22.7 Å². The van der Waals surface area contributed by atoms with E-state index < -0.39 is 21.8 Å². The van der Waals surface area contributed by atoms with E-state index in [1.54, 1.807) is 30.3 Å². The highest BCUT2D eigenvalue weighted by molar-refractivity contribution is 8.26. The molecule has 0 N–H and O–H groups in total. The number of nitrogens with zero attached hydrogens (tertiary/aromatic N) is 1. The normalized spacial score (nSPS) is 26.4. The summed E-state index contributed by atoms with van der Waals surface area (Å²) in [6, 6.07) is 6.46. The number of ether oxygens (including phenoxy) is 1. The number of allylic oxidation sites excluding steroid dienone is 3. The van der Waals surface area contributed by atoms with E-state index in [1.807, 2.05) is 6.08 Å². The van der Waals surface area contributed by atoms with Crippen molar-refractivity contribution in [2.45, 2.75) is 31.7 Å². The molecule has 1 aromatic carbocycles. The molecule has 32 heavy (non-hydrogen) atoms. The molecule has 1 amide bonds. The first-order valence-corrected chi connectivity index (χ1v) is 13.5. The number of amides is 1.